The highest BCUT2D eigenvalue weighted by Gasteiger charge is 2.39. The third kappa shape index (κ3) is 3.17. The van der Waals surface area contributed by atoms with Crippen LogP contribution in [0.5, 0.6) is 0 Å². The molecule has 1 saturated heterocycles. The van der Waals surface area contributed by atoms with Crippen LogP contribution in [0.2, 0.25) is 19.6 Å². The third-order valence-electron chi connectivity index (χ3n) is 1.08. The Balaban J connectivity index is 2.47. The first kappa shape index (κ1) is 10.1. The van der Waals surface area contributed by atoms with Crippen molar-refractivity contribution in [3.05, 3.63) is 0 Å². The Kier molecular flexibility index (Phi) is 2.87. The van der Waals surface area contributed by atoms with E-state index in [0.29, 0.717) is 0 Å². The zero-order valence-electron chi connectivity index (χ0n) is 7.49. The van der Waals surface area contributed by atoms with E-state index in [0.717, 1.165) is 0 Å². The second-order valence-electron chi connectivity index (χ2n) is 3.47. The van der Waals surface area contributed by atoms with Crippen molar-refractivity contribution in [3.8, 4) is 0 Å². The van der Waals surface area contributed by atoms with Crippen molar-refractivity contribution >= 4 is 8.32 Å². The van der Waals surface area contributed by atoms with Crippen molar-refractivity contribution in [3.63, 3.8) is 0 Å². The first-order valence-electron chi connectivity index (χ1n) is 3.69. The maximum Gasteiger partial charge on any atom is 0.404 e. The zero-order chi connectivity index (χ0) is 9.24. The van der Waals surface area contributed by atoms with Crippen LogP contribution in [-0.4, -0.2) is 33.2 Å². The fraction of sp³-hybridized carbons (Fsp3) is 1.00. The summed E-state index contributed by atoms with van der Waals surface area (Å²) in [5.41, 5.74) is 0. The first-order valence-corrected chi connectivity index (χ1v) is 7.10. The van der Waals surface area contributed by atoms with Gasteiger partial charge in [0.1, 0.15) is 0 Å². The van der Waals surface area contributed by atoms with E-state index in [1.54, 1.807) is 0 Å². The van der Waals surface area contributed by atoms with E-state index in [4.69, 9.17) is 18.6 Å². The Labute approximate surface area is 72.3 Å². The molecule has 1 aliphatic rings. The summed E-state index contributed by atoms with van der Waals surface area (Å²) < 4.78 is 19.5. The lowest BCUT2D eigenvalue weighted by molar-refractivity contribution is -0.518. The van der Waals surface area contributed by atoms with Gasteiger partial charge in [-0.2, -0.15) is 0 Å². The maximum atomic E-state index is 9.49. The Hall–Kier alpha value is 0.0169. The predicted octanol–water partition coefficient (Wildman–Crippen LogP) is 0.420. The summed E-state index contributed by atoms with van der Waals surface area (Å²) in [6, 6.07) is 0. The molecule has 72 valence electrons. The van der Waals surface area contributed by atoms with Gasteiger partial charge in [0.25, 0.3) is 0 Å². The minimum atomic E-state index is -1.90. The minimum absolute atomic E-state index is 0.0129. The molecule has 0 aromatic carbocycles. The smallest absolute Gasteiger partial charge is 0.346 e. The highest BCUT2D eigenvalue weighted by molar-refractivity contribution is 6.69. The van der Waals surface area contributed by atoms with E-state index >= 15 is 0 Å². The summed E-state index contributed by atoms with van der Waals surface area (Å²) in [5.74, 6) is 0. The summed E-state index contributed by atoms with van der Waals surface area (Å²) >= 11 is 0. The lowest BCUT2D eigenvalue weighted by Crippen LogP contribution is -2.50. The van der Waals surface area contributed by atoms with Crippen LogP contribution in [0, 0.1) is 0 Å². The van der Waals surface area contributed by atoms with Gasteiger partial charge in [-0.25, -0.2) is 0 Å². The molecule has 1 aliphatic heterocycles. The van der Waals surface area contributed by atoms with Gasteiger partial charge in [0.05, 0.1) is 0 Å². The predicted molar refractivity (Wildman–Crippen MR) is 42.4 cm³/mol. The summed E-state index contributed by atoms with van der Waals surface area (Å²) in [7, 11) is -1.87. The van der Waals surface area contributed by atoms with Gasteiger partial charge in [-0.1, -0.05) is 0 Å². The fourth-order valence-electron chi connectivity index (χ4n) is 0.754. The zero-order valence-corrected chi connectivity index (χ0v) is 8.49. The van der Waals surface area contributed by atoms with Gasteiger partial charge in [-0.05, 0) is 19.6 Å². The van der Waals surface area contributed by atoms with Crippen molar-refractivity contribution in [2.75, 3.05) is 13.6 Å². The average molecular weight is 194 g/mol. The van der Waals surface area contributed by atoms with Crippen molar-refractivity contribution in [1.82, 2.24) is 0 Å². The lowest BCUT2D eigenvalue weighted by Gasteiger charge is -2.35. The summed E-state index contributed by atoms with van der Waals surface area (Å²) in [6.07, 6.45) is -1.90. The average Bonchev–Trinajstić information content (AvgIpc) is 1.83. The van der Waals surface area contributed by atoms with Crippen molar-refractivity contribution in [1.29, 1.82) is 0 Å². The van der Waals surface area contributed by atoms with Crippen molar-refractivity contribution in [2.45, 2.75) is 25.8 Å². The maximum absolute atomic E-state index is 9.49. The Bertz CT molecular complexity index is 149. The van der Waals surface area contributed by atoms with E-state index in [2.05, 4.69) is 0 Å². The van der Waals surface area contributed by atoms with Crippen LogP contribution < -0.4 is 0 Å². The quantitative estimate of drug-likeness (QED) is 0.510. The van der Waals surface area contributed by atoms with Gasteiger partial charge in [0.2, 0.25) is 0 Å². The highest BCUT2D eigenvalue weighted by Crippen LogP contribution is 2.20. The number of ether oxygens (including phenoxy) is 3. The molecular weight excluding hydrogens is 180 g/mol. The fourth-order valence-corrected chi connectivity index (χ4v) is 1.65. The monoisotopic (exact) mass is 194 g/mol. The van der Waals surface area contributed by atoms with Crippen LogP contribution >= 0.6 is 0 Å². The number of hydrogen-bond donors (Lipinski definition) is 1. The highest BCUT2D eigenvalue weighted by atomic mass is 28.4. The lowest BCUT2D eigenvalue weighted by atomic mass is 11.0. The molecule has 0 aromatic rings. The van der Waals surface area contributed by atoms with Gasteiger partial charge in [-0.15, -0.1) is 0 Å². The molecular formula is C6H14O5Si. The molecule has 0 spiro atoms. The molecule has 1 N–H and O–H groups in total. The van der Waals surface area contributed by atoms with E-state index in [-0.39, 0.29) is 13.6 Å². The van der Waals surface area contributed by atoms with E-state index in [9.17, 15) is 5.11 Å². The number of aliphatic hydroxyl groups is 1. The summed E-state index contributed by atoms with van der Waals surface area (Å²) in [5, 5.41) is 9.49. The molecule has 0 unspecified atom stereocenters. The molecule has 5 nitrogen and oxygen atoms in total. The number of hydrogen-bond acceptors (Lipinski definition) is 5. The normalized spacial score (nSPS) is 24.0. The number of rotatable bonds is 2. The third-order valence-corrected chi connectivity index (χ3v) is 1.95. The SMILES string of the molecule is C[Si](C)(C)OC1(O)OCOCO1. The largest absolute Gasteiger partial charge is 0.404 e. The van der Waals surface area contributed by atoms with E-state index in [1.165, 1.54) is 0 Å². The second-order valence-corrected chi connectivity index (χ2v) is 7.90. The van der Waals surface area contributed by atoms with E-state index in [1.807, 2.05) is 19.6 Å². The van der Waals surface area contributed by atoms with Crippen LogP contribution in [-0.2, 0) is 18.6 Å². The van der Waals surface area contributed by atoms with Gasteiger partial charge < -0.3 is 14.3 Å². The molecule has 1 heterocycles. The molecule has 12 heavy (non-hydrogen) atoms. The van der Waals surface area contributed by atoms with Gasteiger partial charge in [0.15, 0.2) is 21.9 Å². The molecule has 0 aliphatic carbocycles. The summed E-state index contributed by atoms with van der Waals surface area (Å²) in [6.45, 7) is 5.75. The Morgan fingerprint density at radius 3 is 2.17 bits per heavy atom. The van der Waals surface area contributed by atoms with Gasteiger partial charge in [0, 0.05) is 0 Å². The van der Waals surface area contributed by atoms with Gasteiger partial charge >= 0.3 is 6.16 Å². The molecule has 0 atom stereocenters. The van der Waals surface area contributed by atoms with Crippen LogP contribution in [0.15, 0.2) is 0 Å². The van der Waals surface area contributed by atoms with Crippen LogP contribution in [0.25, 0.3) is 0 Å². The molecule has 0 bridgehead atoms. The van der Waals surface area contributed by atoms with Crippen LogP contribution in [0.3, 0.4) is 0 Å². The van der Waals surface area contributed by atoms with E-state index < -0.39 is 14.5 Å². The minimum Gasteiger partial charge on any atom is -0.346 e. The second kappa shape index (κ2) is 3.41. The standard InChI is InChI=1S/C6H14O5Si/c1-12(2,3)11-6(7)9-4-8-5-10-6/h7H,4-5H2,1-3H3. The Morgan fingerprint density at radius 1 is 1.25 bits per heavy atom. The van der Waals surface area contributed by atoms with Crippen molar-refractivity contribution in [2.24, 2.45) is 0 Å². The topological polar surface area (TPSA) is 57.2 Å². The molecule has 1 rings (SSSR count). The molecule has 0 saturated carbocycles. The van der Waals surface area contributed by atoms with Gasteiger partial charge in [-0.3, -0.25) is 9.47 Å². The Morgan fingerprint density at radius 2 is 1.75 bits per heavy atom. The van der Waals surface area contributed by atoms with Crippen molar-refractivity contribution < 1.29 is 23.7 Å². The van der Waals surface area contributed by atoms with Crippen LogP contribution in [0.4, 0.5) is 0 Å². The molecule has 6 heteroatoms. The first-order chi connectivity index (χ1) is 5.41. The molecule has 0 amide bonds. The molecule has 0 radical (unpaired) electrons. The summed E-state index contributed by atoms with van der Waals surface area (Å²) in [4.78, 5) is 0. The molecule has 0 aromatic heterocycles. The van der Waals surface area contributed by atoms with Crippen LogP contribution in [0.1, 0.15) is 0 Å². The molecule has 1 fully saturated rings.